The highest BCUT2D eigenvalue weighted by Crippen LogP contribution is 2.05. The average Bonchev–Trinajstić information content (AvgIpc) is 1.98. The molecule has 0 radical (unpaired) electrons. The summed E-state index contributed by atoms with van der Waals surface area (Å²) in [4.78, 5) is 10.8. The lowest BCUT2D eigenvalue weighted by atomic mass is 10.1. The number of hydrogen-bond acceptors (Lipinski definition) is 1. The van der Waals surface area contributed by atoms with E-state index in [-0.39, 0.29) is 5.78 Å². The first kappa shape index (κ1) is 10.9. The fraction of sp³-hybridized carbons (Fsp3) is 0.364. The molecule has 66 valence electrons. The fourth-order valence-electron chi connectivity index (χ4n) is 0.510. The van der Waals surface area contributed by atoms with Gasteiger partial charge in [-0.3, -0.25) is 4.79 Å². The first-order valence-electron chi connectivity index (χ1n) is 3.97. The van der Waals surface area contributed by atoms with E-state index >= 15 is 0 Å². The van der Waals surface area contributed by atoms with E-state index in [1.807, 2.05) is 26.8 Å². The van der Waals surface area contributed by atoms with Gasteiger partial charge < -0.3 is 0 Å². The van der Waals surface area contributed by atoms with Gasteiger partial charge in [0.25, 0.3) is 0 Å². The summed E-state index contributed by atoms with van der Waals surface area (Å²) >= 11 is 0. The second-order valence-corrected chi connectivity index (χ2v) is 3.10. The van der Waals surface area contributed by atoms with Gasteiger partial charge in [0.1, 0.15) is 0 Å². The van der Waals surface area contributed by atoms with Gasteiger partial charge in [-0.1, -0.05) is 29.9 Å². The Balaban J connectivity index is 4.37. The Morgan fingerprint density at radius 3 is 1.92 bits per heavy atom. The predicted molar refractivity (Wildman–Crippen MR) is 53.0 cm³/mol. The number of allylic oxidation sites excluding steroid dienone is 5. The average molecular weight is 164 g/mol. The molecule has 0 heterocycles. The molecule has 0 bridgehead atoms. The largest absolute Gasteiger partial charge is 0.295 e. The lowest BCUT2D eigenvalue weighted by Gasteiger charge is -1.95. The number of rotatable bonds is 3. The van der Waals surface area contributed by atoms with Crippen LogP contribution in [0.1, 0.15) is 27.7 Å². The van der Waals surface area contributed by atoms with Crippen molar-refractivity contribution in [2.75, 3.05) is 0 Å². The minimum atomic E-state index is 0.0211. The third-order valence-corrected chi connectivity index (χ3v) is 1.78. The monoisotopic (exact) mass is 164 g/mol. The molecule has 0 aromatic rings. The van der Waals surface area contributed by atoms with E-state index in [1.165, 1.54) is 18.1 Å². The van der Waals surface area contributed by atoms with Crippen LogP contribution in [0.15, 0.2) is 35.5 Å². The SMILES string of the molecule is C=C(/C=C\C(C)=C(C)C)C(C)=O. The van der Waals surface area contributed by atoms with Crippen molar-refractivity contribution in [2.45, 2.75) is 27.7 Å². The van der Waals surface area contributed by atoms with Crippen LogP contribution in [0.4, 0.5) is 0 Å². The van der Waals surface area contributed by atoms with Gasteiger partial charge in [-0.15, -0.1) is 0 Å². The van der Waals surface area contributed by atoms with Crippen LogP contribution in [0, 0.1) is 0 Å². The van der Waals surface area contributed by atoms with Crippen LogP contribution >= 0.6 is 0 Å². The van der Waals surface area contributed by atoms with Crippen molar-refractivity contribution in [3.05, 3.63) is 35.5 Å². The molecule has 0 aromatic heterocycles. The maximum absolute atomic E-state index is 10.8. The van der Waals surface area contributed by atoms with Gasteiger partial charge in [-0.05, 0) is 27.7 Å². The molecule has 0 saturated carbocycles. The highest BCUT2D eigenvalue weighted by molar-refractivity contribution is 5.95. The van der Waals surface area contributed by atoms with E-state index in [0.29, 0.717) is 5.57 Å². The van der Waals surface area contributed by atoms with Gasteiger partial charge in [0.2, 0.25) is 0 Å². The van der Waals surface area contributed by atoms with Gasteiger partial charge in [-0.2, -0.15) is 0 Å². The Kier molecular flexibility index (Phi) is 4.27. The molecule has 0 aliphatic carbocycles. The summed E-state index contributed by atoms with van der Waals surface area (Å²) in [7, 11) is 0. The summed E-state index contributed by atoms with van der Waals surface area (Å²) in [6.07, 6.45) is 3.67. The van der Waals surface area contributed by atoms with Gasteiger partial charge >= 0.3 is 0 Å². The molecule has 0 aromatic carbocycles. The number of hydrogen-bond donors (Lipinski definition) is 0. The molecule has 0 unspecified atom stereocenters. The zero-order chi connectivity index (χ0) is 9.72. The topological polar surface area (TPSA) is 17.1 Å². The number of carbonyl (C=O) groups excluding carboxylic acids is 1. The molecule has 0 aliphatic rings. The molecular formula is C11H16O. The summed E-state index contributed by atoms with van der Waals surface area (Å²) in [6, 6.07) is 0. The molecule has 1 nitrogen and oxygen atoms in total. The smallest absolute Gasteiger partial charge is 0.159 e. The lowest BCUT2D eigenvalue weighted by Crippen LogP contribution is -1.90. The van der Waals surface area contributed by atoms with Crippen molar-refractivity contribution in [3.8, 4) is 0 Å². The van der Waals surface area contributed by atoms with Gasteiger partial charge in [0, 0.05) is 5.57 Å². The molecule has 0 rings (SSSR count). The first-order chi connectivity index (χ1) is 5.45. The normalized spacial score (nSPS) is 10.0. The number of Topliss-reactive ketones (excluding diaryl/α,β-unsaturated/α-hetero) is 1. The van der Waals surface area contributed by atoms with Crippen LogP contribution < -0.4 is 0 Å². The Hall–Kier alpha value is -1.11. The molecule has 1 heteroatoms. The lowest BCUT2D eigenvalue weighted by molar-refractivity contribution is -0.113. The Bertz CT molecular complexity index is 250. The van der Waals surface area contributed by atoms with Crippen molar-refractivity contribution in [1.82, 2.24) is 0 Å². The van der Waals surface area contributed by atoms with Gasteiger partial charge in [0.15, 0.2) is 5.78 Å². The summed E-state index contributed by atoms with van der Waals surface area (Å²) in [5, 5.41) is 0. The molecule has 0 N–H and O–H groups in total. The molecule has 0 atom stereocenters. The van der Waals surface area contributed by atoms with Crippen molar-refractivity contribution in [2.24, 2.45) is 0 Å². The minimum absolute atomic E-state index is 0.0211. The van der Waals surface area contributed by atoms with Crippen molar-refractivity contribution in [3.63, 3.8) is 0 Å². The van der Waals surface area contributed by atoms with Crippen LogP contribution in [0.25, 0.3) is 0 Å². The maximum atomic E-state index is 10.8. The molecule has 0 spiro atoms. The Labute approximate surface area is 74.5 Å². The standard InChI is InChI=1S/C11H16O/c1-8(2)9(3)6-7-10(4)11(5)12/h6-7H,4H2,1-3,5H3/b7-6-. The molecule has 12 heavy (non-hydrogen) atoms. The summed E-state index contributed by atoms with van der Waals surface area (Å²) < 4.78 is 0. The van der Waals surface area contributed by atoms with Crippen LogP contribution in [-0.2, 0) is 4.79 Å². The van der Waals surface area contributed by atoms with Gasteiger partial charge in [-0.25, -0.2) is 0 Å². The first-order valence-corrected chi connectivity index (χ1v) is 3.97. The third-order valence-electron chi connectivity index (χ3n) is 1.78. The van der Waals surface area contributed by atoms with Crippen molar-refractivity contribution >= 4 is 5.78 Å². The van der Waals surface area contributed by atoms with Crippen molar-refractivity contribution in [1.29, 1.82) is 0 Å². The molecule has 0 aliphatic heterocycles. The van der Waals surface area contributed by atoms with E-state index in [4.69, 9.17) is 0 Å². The van der Waals surface area contributed by atoms with E-state index in [0.717, 1.165) is 0 Å². The minimum Gasteiger partial charge on any atom is -0.295 e. The quantitative estimate of drug-likeness (QED) is 0.463. The van der Waals surface area contributed by atoms with E-state index < -0.39 is 0 Å². The maximum Gasteiger partial charge on any atom is 0.159 e. The van der Waals surface area contributed by atoms with Gasteiger partial charge in [0.05, 0.1) is 0 Å². The van der Waals surface area contributed by atoms with Crippen LogP contribution in [0.3, 0.4) is 0 Å². The van der Waals surface area contributed by atoms with Crippen LogP contribution in [-0.4, -0.2) is 5.78 Å². The Morgan fingerprint density at radius 2 is 1.58 bits per heavy atom. The second kappa shape index (κ2) is 4.70. The molecular weight excluding hydrogens is 148 g/mol. The third kappa shape index (κ3) is 3.91. The molecule has 0 amide bonds. The van der Waals surface area contributed by atoms with Crippen molar-refractivity contribution < 1.29 is 4.79 Å². The van der Waals surface area contributed by atoms with E-state index in [1.54, 1.807) is 6.08 Å². The highest BCUT2D eigenvalue weighted by atomic mass is 16.1. The number of ketones is 1. The zero-order valence-electron chi connectivity index (χ0n) is 8.27. The Morgan fingerprint density at radius 1 is 1.08 bits per heavy atom. The van der Waals surface area contributed by atoms with Crippen LogP contribution in [0.2, 0.25) is 0 Å². The highest BCUT2D eigenvalue weighted by Gasteiger charge is 1.93. The summed E-state index contributed by atoms with van der Waals surface area (Å²) in [6.45, 7) is 11.2. The van der Waals surface area contributed by atoms with E-state index in [9.17, 15) is 4.79 Å². The second-order valence-electron chi connectivity index (χ2n) is 3.10. The molecule has 0 fully saturated rings. The fourth-order valence-corrected chi connectivity index (χ4v) is 0.510. The zero-order valence-corrected chi connectivity index (χ0v) is 8.27. The number of carbonyl (C=O) groups is 1. The van der Waals surface area contributed by atoms with E-state index in [2.05, 4.69) is 6.58 Å². The predicted octanol–water partition coefficient (Wildman–Crippen LogP) is 3.04. The molecule has 0 saturated heterocycles. The summed E-state index contributed by atoms with van der Waals surface area (Å²) in [5.41, 5.74) is 2.98. The summed E-state index contributed by atoms with van der Waals surface area (Å²) in [5.74, 6) is 0.0211. The van der Waals surface area contributed by atoms with Crippen LogP contribution in [0.5, 0.6) is 0 Å².